The first kappa shape index (κ1) is 16.0. The van der Waals surface area contributed by atoms with Crippen LogP contribution in [0, 0.1) is 0 Å². The number of amides is 1. The molecule has 1 heterocycles. The van der Waals surface area contributed by atoms with Crippen LogP contribution in [0.4, 0.5) is 19.0 Å². The molecule has 1 rings (SSSR count). The van der Waals surface area contributed by atoms with E-state index >= 15 is 0 Å². The molecule has 1 aromatic rings. The number of carbonyl (C=O) groups excluding carboxylic acids is 1. The Balaban J connectivity index is 3.36. The third-order valence-electron chi connectivity index (χ3n) is 2.57. The zero-order valence-corrected chi connectivity index (χ0v) is 11.1. The second-order valence-electron chi connectivity index (χ2n) is 4.16. The lowest BCUT2D eigenvalue weighted by Gasteiger charge is -2.24. The van der Waals surface area contributed by atoms with E-state index in [-0.39, 0.29) is 17.9 Å². The van der Waals surface area contributed by atoms with E-state index in [0.29, 0.717) is 13.0 Å². The highest BCUT2D eigenvalue weighted by Crippen LogP contribution is 2.30. The second kappa shape index (κ2) is 6.40. The summed E-state index contributed by atoms with van der Waals surface area (Å²) in [5.74, 6) is -0.875. The number of alkyl halides is 3. The summed E-state index contributed by atoms with van der Waals surface area (Å²) >= 11 is 0. The van der Waals surface area contributed by atoms with E-state index in [1.165, 1.54) is 6.08 Å². The Labute approximate surface area is 115 Å². The number of halogens is 3. The number of anilines is 1. The summed E-state index contributed by atoms with van der Waals surface area (Å²) in [6, 6.07) is 1.81. The minimum absolute atomic E-state index is 0.0340. The third-order valence-corrected chi connectivity index (χ3v) is 2.57. The minimum Gasteiger partial charge on any atom is -0.365 e. The average Bonchev–Trinajstić information content (AvgIpc) is 2.36. The van der Waals surface area contributed by atoms with Crippen molar-refractivity contribution in [1.29, 1.82) is 0 Å². The lowest BCUT2D eigenvalue weighted by Crippen LogP contribution is -2.29. The van der Waals surface area contributed by atoms with Gasteiger partial charge in [0.2, 0.25) is 0 Å². The Hall–Kier alpha value is -2.05. The predicted octanol–water partition coefficient (Wildman–Crippen LogP) is 2.60. The first-order valence-electron chi connectivity index (χ1n) is 6.05. The van der Waals surface area contributed by atoms with Crippen LogP contribution in [0.2, 0.25) is 0 Å². The molecule has 0 saturated heterocycles. The van der Waals surface area contributed by atoms with Gasteiger partial charge in [-0.25, -0.2) is 4.98 Å². The molecule has 0 aromatic carbocycles. The summed E-state index contributed by atoms with van der Waals surface area (Å²) < 4.78 is 38.2. The molecule has 0 bridgehead atoms. The molecule has 0 aliphatic heterocycles. The maximum atomic E-state index is 12.7. The number of carbonyl (C=O) groups is 1. The van der Waals surface area contributed by atoms with Gasteiger partial charge in [0, 0.05) is 13.1 Å². The molecule has 2 N–H and O–H groups in total. The van der Waals surface area contributed by atoms with Crippen molar-refractivity contribution >= 4 is 11.7 Å². The molecule has 20 heavy (non-hydrogen) atoms. The highest BCUT2D eigenvalue weighted by molar-refractivity contribution is 5.97. The number of primary amides is 1. The molecule has 0 unspecified atom stereocenters. The van der Waals surface area contributed by atoms with E-state index in [1.807, 2.05) is 6.92 Å². The van der Waals surface area contributed by atoms with Gasteiger partial charge in [0.25, 0.3) is 5.91 Å². The maximum absolute atomic E-state index is 12.7. The van der Waals surface area contributed by atoms with Crippen LogP contribution in [-0.2, 0) is 6.18 Å². The first-order chi connectivity index (χ1) is 9.31. The largest absolute Gasteiger partial charge is 0.433 e. The molecule has 0 radical (unpaired) electrons. The molecule has 110 valence electrons. The fourth-order valence-corrected chi connectivity index (χ4v) is 1.75. The van der Waals surface area contributed by atoms with Crippen molar-refractivity contribution in [2.45, 2.75) is 19.5 Å². The van der Waals surface area contributed by atoms with Crippen molar-refractivity contribution in [1.82, 2.24) is 4.98 Å². The van der Waals surface area contributed by atoms with Gasteiger partial charge in [0.15, 0.2) is 0 Å². The third kappa shape index (κ3) is 3.72. The number of hydrogen-bond donors (Lipinski definition) is 1. The van der Waals surface area contributed by atoms with Gasteiger partial charge in [-0.2, -0.15) is 13.2 Å². The fraction of sp³-hybridized carbons (Fsp3) is 0.385. The van der Waals surface area contributed by atoms with E-state index in [1.54, 1.807) is 4.90 Å². The lowest BCUT2D eigenvalue weighted by atomic mass is 10.2. The Morgan fingerprint density at radius 2 is 2.15 bits per heavy atom. The lowest BCUT2D eigenvalue weighted by molar-refractivity contribution is -0.141. The number of rotatable bonds is 6. The van der Waals surface area contributed by atoms with Crippen molar-refractivity contribution in [2.75, 3.05) is 18.0 Å². The molecule has 0 atom stereocenters. The summed E-state index contributed by atoms with van der Waals surface area (Å²) in [6.45, 7) is 6.14. The quantitative estimate of drug-likeness (QED) is 0.818. The highest BCUT2D eigenvalue weighted by Gasteiger charge is 2.34. The van der Waals surface area contributed by atoms with E-state index in [0.717, 1.165) is 12.1 Å². The topological polar surface area (TPSA) is 59.2 Å². The molecular formula is C13H16F3N3O. The van der Waals surface area contributed by atoms with E-state index < -0.39 is 17.8 Å². The SMILES string of the molecule is C=CCN(CCC)c1nc(C(F)(F)F)ccc1C(N)=O. The molecule has 0 fully saturated rings. The van der Waals surface area contributed by atoms with Crippen LogP contribution in [0.25, 0.3) is 0 Å². The highest BCUT2D eigenvalue weighted by atomic mass is 19.4. The van der Waals surface area contributed by atoms with Gasteiger partial charge in [-0.15, -0.1) is 6.58 Å². The number of pyridine rings is 1. The molecule has 0 aliphatic rings. The molecule has 1 aromatic heterocycles. The predicted molar refractivity (Wildman–Crippen MR) is 70.5 cm³/mol. The number of nitrogens with zero attached hydrogens (tertiary/aromatic N) is 2. The van der Waals surface area contributed by atoms with Gasteiger partial charge in [0.1, 0.15) is 11.5 Å². The summed E-state index contributed by atoms with van der Waals surface area (Å²) in [6.07, 6.45) is -2.36. The number of nitrogens with two attached hydrogens (primary N) is 1. The first-order valence-corrected chi connectivity index (χ1v) is 6.05. The Kier molecular flexibility index (Phi) is 5.12. The molecular weight excluding hydrogens is 271 g/mol. The van der Waals surface area contributed by atoms with Crippen LogP contribution in [0.5, 0.6) is 0 Å². The van der Waals surface area contributed by atoms with Crippen LogP contribution in [0.15, 0.2) is 24.8 Å². The molecule has 1 amide bonds. The smallest absolute Gasteiger partial charge is 0.365 e. The van der Waals surface area contributed by atoms with E-state index in [9.17, 15) is 18.0 Å². The van der Waals surface area contributed by atoms with E-state index in [2.05, 4.69) is 11.6 Å². The normalized spacial score (nSPS) is 11.2. The van der Waals surface area contributed by atoms with Crippen LogP contribution in [-0.4, -0.2) is 24.0 Å². The van der Waals surface area contributed by atoms with Crippen molar-refractivity contribution in [3.05, 3.63) is 36.0 Å². The summed E-state index contributed by atoms with van der Waals surface area (Å²) in [7, 11) is 0. The van der Waals surface area contributed by atoms with Crippen molar-refractivity contribution in [3.63, 3.8) is 0 Å². The van der Waals surface area contributed by atoms with Gasteiger partial charge in [-0.1, -0.05) is 13.0 Å². The Bertz CT molecular complexity index is 500. The molecule has 7 heteroatoms. The number of hydrogen-bond acceptors (Lipinski definition) is 3. The van der Waals surface area contributed by atoms with Crippen LogP contribution < -0.4 is 10.6 Å². The monoisotopic (exact) mass is 287 g/mol. The second-order valence-corrected chi connectivity index (χ2v) is 4.16. The van der Waals surface area contributed by atoms with Crippen molar-refractivity contribution in [2.24, 2.45) is 5.73 Å². The maximum Gasteiger partial charge on any atom is 0.433 e. The molecule has 0 saturated carbocycles. The minimum atomic E-state index is -4.57. The van der Waals surface area contributed by atoms with Gasteiger partial charge in [0.05, 0.1) is 5.56 Å². The standard InChI is InChI=1S/C13H16F3N3O/c1-3-7-19(8-4-2)12-9(11(17)20)5-6-10(18-12)13(14,15)16/h3,5-6H,1,4,7-8H2,2H3,(H2,17,20). The zero-order valence-electron chi connectivity index (χ0n) is 11.1. The number of aromatic nitrogens is 1. The van der Waals surface area contributed by atoms with Gasteiger partial charge in [-0.3, -0.25) is 4.79 Å². The Morgan fingerprint density at radius 3 is 2.60 bits per heavy atom. The summed E-state index contributed by atoms with van der Waals surface area (Å²) in [5, 5.41) is 0. The van der Waals surface area contributed by atoms with Gasteiger partial charge in [-0.05, 0) is 18.6 Å². The zero-order chi connectivity index (χ0) is 15.3. The van der Waals surface area contributed by atoms with Gasteiger partial charge < -0.3 is 10.6 Å². The van der Waals surface area contributed by atoms with Crippen molar-refractivity contribution < 1.29 is 18.0 Å². The molecule has 0 aliphatic carbocycles. The van der Waals surface area contributed by atoms with Crippen molar-refractivity contribution in [3.8, 4) is 0 Å². The fourth-order valence-electron chi connectivity index (χ4n) is 1.75. The summed E-state index contributed by atoms with van der Waals surface area (Å²) in [5.41, 5.74) is 4.10. The summed E-state index contributed by atoms with van der Waals surface area (Å²) in [4.78, 5) is 16.4. The van der Waals surface area contributed by atoms with E-state index in [4.69, 9.17) is 5.73 Å². The average molecular weight is 287 g/mol. The van der Waals surface area contributed by atoms with Crippen LogP contribution in [0.3, 0.4) is 0 Å². The van der Waals surface area contributed by atoms with Gasteiger partial charge >= 0.3 is 6.18 Å². The van der Waals surface area contributed by atoms with Crippen LogP contribution in [0.1, 0.15) is 29.4 Å². The molecule has 0 spiro atoms. The molecule has 4 nitrogen and oxygen atoms in total. The van der Waals surface area contributed by atoms with Crippen LogP contribution >= 0.6 is 0 Å². The Morgan fingerprint density at radius 1 is 1.50 bits per heavy atom.